The van der Waals surface area contributed by atoms with Crippen LogP contribution < -0.4 is 5.32 Å². The maximum atomic E-state index is 12.5. The van der Waals surface area contributed by atoms with Crippen LogP contribution in [0.3, 0.4) is 0 Å². The van der Waals surface area contributed by atoms with Crippen LogP contribution >= 0.6 is 0 Å². The minimum Gasteiger partial charge on any atom is -0.466 e. The number of rotatable bonds is 71. The Kier molecular flexibility index (Phi) is 70.4. The fourth-order valence-corrected chi connectivity index (χ4v) is 12.0. The number of nitrogens with one attached hydrogen (secondary N) is 1. The lowest BCUT2D eigenvalue weighted by Crippen LogP contribution is -2.45. The standard InChI is InChI=1S/C76H147NO5/c1-3-5-7-9-11-13-15-17-19-21-34-37-40-44-48-52-56-60-64-68-74(79)73(72-78)77-75(80)69-65-61-57-53-49-45-41-38-35-32-30-28-26-24-22-23-25-27-29-31-33-36-39-43-47-51-55-59-63-67-71-82-76(81)70-66-62-58-54-50-46-42-20-18-16-14-12-10-8-6-4-2/h23,25,64,68,73-74,78-79H,3-22,24,26-63,65-67,69-72H2,1-2H3,(H,77,80)/b25-23-,68-64+. The molecule has 0 heterocycles. The van der Waals surface area contributed by atoms with E-state index < -0.39 is 12.1 Å². The van der Waals surface area contributed by atoms with Crippen molar-refractivity contribution in [3.05, 3.63) is 24.3 Å². The second-order valence-electron chi connectivity index (χ2n) is 26.0. The lowest BCUT2D eigenvalue weighted by Gasteiger charge is -2.20. The molecule has 2 unspecified atom stereocenters. The van der Waals surface area contributed by atoms with Crippen LogP contribution in [0.4, 0.5) is 0 Å². The molecule has 0 radical (unpaired) electrons. The smallest absolute Gasteiger partial charge is 0.305 e. The van der Waals surface area contributed by atoms with Gasteiger partial charge in [0.15, 0.2) is 0 Å². The number of carbonyl (C=O) groups is 2. The SMILES string of the molecule is CCCCCCCCCCCCCCCCCCC/C=C/C(O)C(CO)NC(=O)CCCCCCCCCCCCCCCC/C=C\CCCCCCCCCCCCCCOC(=O)CCCCCCCCCCCCCCCCCC. The molecule has 486 valence electrons. The molecule has 0 aliphatic rings. The Hall–Kier alpha value is -1.66. The predicted molar refractivity (Wildman–Crippen MR) is 361 cm³/mol. The lowest BCUT2D eigenvalue weighted by molar-refractivity contribution is -0.143. The molecule has 1 amide bonds. The van der Waals surface area contributed by atoms with Crippen LogP contribution in [0.15, 0.2) is 24.3 Å². The number of esters is 1. The van der Waals surface area contributed by atoms with Gasteiger partial charge in [-0.25, -0.2) is 0 Å². The Balaban J connectivity index is 3.37. The first-order valence-electron chi connectivity index (χ1n) is 37.6. The number of aliphatic hydroxyl groups is 2. The highest BCUT2D eigenvalue weighted by Crippen LogP contribution is 2.19. The van der Waals surface area contributed by atoms with Crippen LogP contribution in [0.1, 0.15) is 425 Å². The van der Waals surface area contributed by atoms with E-state index in [9.17, 15) is 19.8 Å². The van der Waals surface area contributed by atoms with Gasteiger partial charge >= 0.3 is 5.97 Å². The molecule has 0 saturated heterocycles. The quantitative estimate of drug-likeness (QED) is 0.0320. The van der Waals surface area contributed by atoms with Crippen molar-refractivity contribution in [2.75, 3.05) is 13.2 Å². The molecular formula is C76H147NO5. The number of hydrogen-bond acceptors (Lipinski definition) is 5. The maximum absolute atomic E-state index is 12.5. The monoisotopic (exact) mass is 1150 g/mol. The van der Waals surface area contributed by atoms with Gasteiger partial charge in [-0.05, 0) is 57.8 Å². The van der Waals surface area contributed by atoms with E-state index in [1.165, 1.54) is 360 Å². The second-order valence-corrected chi connectivity index (χ2v) is 26.0. The van der Waals surface area contributed by atoms with Crippen LogP contribution in [0.2, 0.25) is 0 Å². The van der Waals surface area contributed by atoms with Crippen molar-refractivity contribution < 1.29 is 24.5 Å². The first-order valence-corrected chi connectivity index (χ1v) is 37.6. The Bertz CT molecular complexity index is 1280. The van der Waals surface area contributed by atoms with E-state index in [2.05, 4.69) is 31.3 Å². The molecule has 0 aromatic carbocycles. The molecule has 0 aliphatic carbocycles. The Morgan fingerprint density at radius 1 is 0.329 bits per heavy atom. The van der Waals surface area contributed by atoms with E-state index in [0.29, 0.717) is 19.4 Å². The second kappa shape index (κ2) is 71.8. The van der Waals surface area contributed by atoms with Crippen molar-refractivity contribution in [1.29, 1.82) is 0 Å². The van der Waals surface area contributed by atoms with Crippen LogP contribution in [0.5, 0.6) is 0 Å². The first-order chi connectivity index (χ1) is 40.5. The van der Waals surface area contributed by atoms with Gasteiger partial charge in [0.2, 0.25) is 5.91 Å². The van der Waals surface area contributed by atoms with Crippen molar-refractivity contribution in [2.45, 2.75) is 437 Å². The molecule has 0 rings (SSSR count). The summed E-state index contributed by atoms with van der Waals surface area (Å²) >= 11 is 0. The van der Waals surface area contributed by atoms with Gasteiger partial charge in [-0.2, -0.15) is 0 Å². The molecular weight excluding hydrogens is 1010 g/mol. The van der Waals surface area contributed by atoms with Gasteiger partial charge in [-0.3, -0.25) is 9.59 Å². The topological polar surface area (TPSA) is 95.9 Å². The maximum Gasteiger partial charge on any atom is 0.305 e. The Morgan fingerprint density at radius 3 is 0.866 bits per heavy atom. The van der Waals surface area contributed by atoms with E-state index in [0.717, 1.165) is 38.5 Å². The molecule has 3 N–H and O–H groups in total. The van der Waals surface area contributed by atoms with E-state index >= 15 is 0 Å². The summed E-state index contributed by atoms with van der Waals surface area (Å²) in [6.45, 7) is 4.95. The summed E-state index contributed by atoms with van der Waals surface area (Å²) in [4.78, 5) is 24.6. The molecule has 0 spiro atoms. The van der Waals surface area contributed by atoms with Gasteiger partial charge in [0.1, 0.15) is 0 Å². The van der Waals surface area contributed by atoms with Crippen molar-refractivity contribution in [2.24, 2.45) is 0 Å². The van der Waals surface area contributed by atoms with Gasteiger partial charge in [0.05, 0.1) is 25.4 Å². The van der Waals surface area contributed by atoms with Crippen molar-refractivity contribution in [3.8, 4) is 0 Å². The molecule has 0 bridgehead atoms. The predicted octanol–water partition coefficient (Wildman–Crippen LogP) is 24.5. The molecule has 0 aliphatic heterocycles. The Labute approximate surface area is 513 Å². The van der Waals surface area contributed by atoms with Gasteiger partial charge in [0.25, 0.3) is 0 Å². The average molecular weight is 1160 g/mol. The minimum absolute atomic E-state index is 0.0212. The molecule has 6 nitrogen and oxygen atoms in total. The third kappa shape index (κ3) is 67.5. The van der Waals surface area contributed by atoms with Crippen LogP contribution in [0.25, 0.3) is 0 Å². The highest BCUT2D eigenvalue weighted by atomic mass is 16.5. The summed E-state index contributed by atoms with van der Waals surface area (Å²) in [7, 11) is 0. The number of allylic oxidation sites excluding steroid dienone is 3. The normalized spacial score (nSPS) is 12.6. The molecule has 82 heavy (non-hydrogen) atoms. The van der Waals surface area contributed by atoms with Crippen molar-refractivity contribution in [1.82, 2.24) is 5.32 Å². The number of carbonyl (C=O) groups excluding carboxylic acids is 2. The largest absolute Gasteiger partial charge is 0.466 e. The summed E-state index contributed by atoms with van der Waals surface area (Å²) in [5.74, 6) is -0.0413. The average Bonchev–Trinajstić information content (AvgIpc) is 3.48. The van der Waals surface area contributed by atoms with Gasteiger partial charge in [0, 0.05) is 12.8 Å². The van der Waals surface area contributed by atoms with Gasteiger partial charge in [-0.1, -0.05) is 378 Å². The number of amides is 1. The molecule has 2 atom stereocenters. The fourth-order valence-electron chi connectivity index (χ4n) is 12.0. The van der Waals surface area contributed by atoms with Crippen molar-refractivity contribution in [3.63, 3.8) is 0 Å². The molecule has 0 fully saturated rings. The number of ether oxygens (including phenoxy) is 1. The summed E-state index contributed by atoms with van der Waals surface area (Å²) in [6.07, 6.45) is 91.3. The summed E-state index contributed by atoms with van der Waals surface area (Å²) in [6, 6.07) is -0.627. The highest BCUT2D eigenvalue weighted by molar-refractivity contribution is 5.76. The fraction of sp³-hybridized carbons (Fsp3) is 0.921. The zero-order valence-corrected chi connectivity index (χ0v) is 55.8. The Morgan fingerprint density at radius 2 is 0.573 bits per heavy atom. The van der Waals surface area contributed by atoms with E-state index in [1.54, 1.807) is 6.08 Å². The molecule has 0 aromatic rings. The molecule has 0 saturated carbocycles. The number of hydrogen-bond donors (Lipinski definition) is 3. The van der Waals surface area contributed by atoms with E-state index in [-0.39, 0.29) is 18.5 Å². The van der Waals surface area contributed by atoms with Crippen LogP contribution in [0, 0.1) is 0 Å². The highest BCUT2D eigenvalue weighted by Gasteiger charge is 2.18. The van der Waals surface area contributed by atoms with E-state index in [1.807, 2.05) is 6.08 Å². The zero-order valence-electron chi connectivity index (χ0n) is 55.8. The van der Waals surface area contributed by atoms with Gasteiger partial charge in [-0.15, -0.1) is 0 Å². The number of unbranched alkanes of at least 4 members (excludes halogenated alkanes) is 58. The van der Waals surface area contributed by atoms with E-state index in [4.69, 9.17) is 4.74 Å². The van der Waals surface area contributed by atoms with Crippen LogP contribution in [-0.4, -0.2) is 47.4 Å². The molecule has 0 aromatic heterocycles. The van der Waals surface area contributed by atoms with Gasteiger partial charge < -0.3 is 20.3 Å². The van der Waals surface area contributed by atoms with Crippen LogP contribution in [-0.2, 0) is 14.3 Å². The van der Waals surface area contributed by atoms with Crippen molar-refractivity contribution >= 4 is 11.9 Å². The summed E-state index contributed by atoms with van der Waals surface area (Å²) in [5, 5.41) is 23.2. The summed E-state index contributed by atoms with van der Waals surface area (Å²) in [5.41, 5.74) is 0. The minimum atomic E-state index is -0.844. The number of aliphatic hydroxyl groups excluding tert-OH is 2. The lowest BCUT2D eigenvalue weighted by atomic mass is 10.0. The summed E-state index contributed by atoms with van der Waals surface area (Å²) < 4.78 is 5.51. The molecule has 6 heteroatoms. The first kappa shape index (κ1) is 80.3. The zero-order chi connectivity index (χ0) is 59.2. The third-order valence-electron chi connectivity index (χ3n) is 17.7. The third-order valence-corrected chi connectivity index (χ3v) is 17.7.